The maximum Gasteiger partial charge on any atom is 0.352 e. The van der Waals surface area contributed by atoms with Crippen molar-refractivity contribution in [3.63, 3.8) is 0 Å². The molecular weight excluding hydrogens is 474 g/mol. The second-order valence-corrected chi connectivity index (χ2v) is 9.50. The number of nitrogens with one attached hydrogen (secondary N) is 1. The monoisotopic (exact) mass is 495 g/mol. The van der Waals surface area contributed by atoms with Crippen molar-refractivity contribution < 1.29 is 33.9 Å². The Morgan fingerprint density at radius 3 is 2.73 bits per heavy atom. The van der Waals surface area contributed by atoms with Crippen molar-refractivity contribution in [2.24, 2.45) is 5.16 Å². The molecule has 12 nitrogen and oxygen atoms in total. The number of rotatable bonds is 8. The molecule has 0 bridgehead atoms. The van der Waals surface area contributed by atoms with Crippen LogP contribution >= 0.6 is 23.5 Å². The Kier molecular flexibility index (Phi) is 7.17. The lowest BCUT2D eigenvalue weighted by Crippen LogP contribution is -2.71. The molecule has 1 aromatic heterocycles. The number of allylic oxidation sites excluding steroid dienone is 1. The van der Waals surface area contributed by atoms with E-state index in [0.717, 1.165) is 16.6 Å². The number of carboxylic acids is 1. The van der Waals surface area contributed by atoms with Gasteiger partial charge in [0.2, 0.25) is 6.61 Å². The average molecular weight is 496 g/mol. The van der Waals surface area contributed by atoms with E-state index in [-0.39, 0.29) is 17.1 Å². The highest BCUT2D eigenvalue weighted by Crippen LogP contribution is 2.40. The number of carbonyl (C=O) groups excluding carboxylic acids is 3. The summed E-state index contributed by atoms with van der Waals surface area (Å²) < 4.78 is 12.9. The Bertz CT molecular complexity index is 1050. The summed E-state index contributed by atoms with van der Waals surface area (Å²) in [6, 6.07) is -0.981. The second-order valence-electron chi connectivity index (χ2n) is 7.84. The van der Waals surface area contributed by atoms with E-state index in [4.69, 9.17) is 9.57 Å². The number of fused-ring (bicyclic) bond motifs is 1. The van der Waals surface area contributed by atoms with Gasteiger partial charge in [0.1, 0.15) is 28.4 Å². The number of β-lactam (4-membered cyclic amide) rings is 1. The number of carbonyl (C=O) groups is 4. The van der Waals surface area contributed by atoms with Gasteiger partial charge in [-0.25, -0.2) is 9.59 Å². The lowest BCUT2D eigenvalue weighted by molar-refractivity contribution is -0.160. The molecule has 2 aliphatic rings. The molecule has 14 heteroatoms. The van der Waals surface area contributed by atoms with Gasteiger partial charge in [-0.1, -0.05) is 17.8 Å². The minimum Gasteiger partial charge on any atom is -0.477 e. The Balaban J connectivity index is 1.72. The summed E-state index contributed by atoms with van der Waals surface area (Å²) in [5, 5.41) is 15.1. The molecule has 0 spiro atoms. The van der Waals surface area contributed by atoms with Gasteiger partial charge in [0.05, 0.1) is 17.9 Å². The molecule has 2 aliphatic heterocycles. The third-order valence-electron chi connectivity index (χ3n) is 4.31. The number of hydrogen-bond acceptors (Lipinski definition) is 11. The van der Waals surface area contributed by atoms with Crippen LogP contribution in [0.4, 0.5) is 0 Å². The lowest BCUT2D eigenvalue weighted by atomic mass is 10.0. The highest BCUT2D eigenvalue weighted by molar-refractivity contribution is 8.00. The molecule has 1 unspecified atom stereocenters. The lowest BCUT2D eigenvalue weighted by Gasteiger charge is -2.49. The minimum atomic E-state index is -1.25. The van der Waals surface area contributed by atoms with Crippen molar-refractivity contribution in [2.75, 3.05) is 12.4 Å². The maximum atomic E-state index is 12.9. The van der Waals surface area contributed by atoms with Crippen LogP contribution in [0.5, 0.6) is 0 Å². The fourth-order valence-corrected chi connectivity index (χ4v) is 4.76. The van der Waals surface area contributed by atoms with Crippen LogP contribution in [0.2, 0.25) is 0 Å². The van der Waals surface area contributed by atoms with Crippen LogP contribution in [0.15, 0.2) is 35.3 Å². The molecule has 3 rings (SSSR count). The van der Waals surface area contributed by atoms with Crippen LogP contribution in [0.3, 0.4) is 0 Å². The van der Waals surface area contributed by atoms with E-state index < -0.39 is 47.4 Å². The summed E-state index contributed by atoms with van der Waals surface area (Å²) >= 11 is 2.13. The summed E-state index contributed by atoms with van der Waals surface area (Å²) in [7, 11) is 0. The number of hydrogen-bond donors (Lipinski definition) is 2. The molecule has 2 atom stereocenters. The number of oxime groups is 1. The standard InChI is InChI=1S/C19H21N5O7S2/c1-5-9-8-32-17-13(16(27)24(17)14(9)18(28)29)21-15(26)12(10-6-20-33-23-10)22-30-7-11(25)31-19(2,3)4/h5-6,13,17H,1,7-8H2,2-4H3,(H,21,26)(H,28,29)/t13?,17-/m0/s1. The van der Waals surface area contributed by atoms with Crippen molar-refractivity contribution >= 4 is 53.0 Å². The average Bonchev–Trinajstić information content (AvgIpc) is 3.26. The summed E-state index contributed by atoms with van der Waals surface area (Å²) in [4.78, 5) is 55.1. The summed E-state index contributed by atoms with van der Waals surface area (Å²) in [5.74, 6) is -2.98. The van der Waals surface area contributed by atoms with Crippen LogP contribution in [0.25, 0.3) is 0 Å². The van der Waals surface area contributed by atoms with E-state index >= 15 is 0 Å². The largest absolute Gasteiger partial charge is 0.477 e. The number of thioether (sulfide) groups is 1. The topological polar surface area (TPSA) is 160 Å². The Labute approximate surface area is 197 Å². The first-order valence-corrected chi connectivity index (χ1v) is 11.4. The van der Waals surface area contributed by atoms with E-state index in [0.29, 0.717) is 11.3 Å². The van der Waals surface area contributed by atoms with Crippen molar-refractivity contribution in [3.05, 3.63) is 35.8 Å². The van der Waals surface area contributed by atoms with Gasteiger partial charge in [-0.3, -0.25) is 14.5 Å². The zero-order valence-corrected chi connectivity index (χ0v) is 19.6. The smallest absolute Gasteiger partial charge is 0.352 e. The number of ether oxygens (including phenoxy) is 1. The van der Waals surface area contributed by atoms with Gasteiger partial charge < -0.3 is 20.0 Å². The van der Waals surface area contributed by atoms with E-state index in [1.54, 1.807) is 20.8 Å². The number of esters is 1. The predicted octanol–water partition coefficient (Wildman–Crippen LogP) is 0.525. The van der Waals surface area contributed by atoms with E-state index in [1.165, 1.54) is 24.0 Å². The third kappa shape index (κ3) is 5.39. The Morgan fingerprint density at radius 2 is 2.15 bits per heavy atom. The highest BCUT2D eigenvalue weighted by atomic mass is 32.2. The molecule has 0 aliphatic carbocycles. The van der Waals surface area contributed by atoms with Crippen LogP contribution in [-0.2, 0) is 28.8 Å². The fourth-order valence-electron chi connectivity index (χ4n) is 3.00. The summed E-state index contributed by atoms with van der Waals surface area (Å²) in [6.45, 7) is 8.12. The third-order valence-corrected chi connectivity index (χ3v) is 6.09. The predicted molar refractivity (Wildman–Crippen MR) is 118 cm³/mol. The molecule has 2 amide bonds. The molecule has 2 N–H and O–H groups in total. The molecule has 1 fully saturated rings. The summed E-state index contributed by atoms with van der Waals surface area (Å²) in [5.41, 5.74) is -0.649. The van der Waals surface area contributed by atoms with Crippen LogP contribution in [-0.4, -0.2) is 77.6 Å². The highest BCUT2D eigenvalue weighted by Gasteiger charge is 2.54. The van der Waals surface area contributed by atoms with Gasteiger partial charge in [0, 0.05) is 5.75 Å². The molecular formula is C19H21N5O7S2. The van der Waals surface area contributed by atoms with E-state index in [1.807, 2.05) is 0 Å². The van der Waals surface area contributed by atoms with Gasteiger partial charge in [-0.15, -0.1) is 11.8 Å². The quantitative estimate of drug-likeness (QED) is 0.225. The van der Waals surface area contributed by atoms with Crippen molar-refractivity contribution in [2.45, 2.75) is 37.8 Å². The van der Waals surface area contributed by atoms with Crippen LogP contribution < -0.4 is 5.32 Å². The normalized spacial score (nSPS) is 20.5. The maximum absolute atomic E-state index is 12.9. The fraction of sp³-hybridized carbons (Fsp3) is 0.421. The van der Waals surface area contributed by atoms with Crippen molar-refractivity contribution in [1.82, 2.24) is 19.0 Å². The number of nitrogens with zero attached hydrogens (tertiary/aromatic N) is 4. The number of aliphatic carboxylic acids is 1. The first-order valence-electron chi connectivity index (χ1n) is 9.57. The zero-order valence-electron chi connectivity index (χ0n) is 17.9. The second kappa shape index (κ2) is 9.70. The molecule has 3 heterocycles. The molecule has 33 heavy (non-hydrogen) atoms. The minimum absolute atomic E-state index is 0.0849. The SMILES string of the molecule is C=CC1=C(C(=O)O)N2C(=O)C(NC(=O)C(=NOCC(=O)OC(C)(C)C)c3cnsn3)[C@@H]2SC1. The zero-order chi connectivity index (χ0) is 24.3. The van der Waals surface area contributed by atoms with E-state index in [2.05, 4.69) is 25.8 Å². The van der Waals surface area contributed by atoms with Gasteiger partial charge >= 0.3 is 11.9 Å². The van der Waals surface area contributed by atoms with Gasteiger partial charge in [-0.05, 0) is 26.3 Å². The summed E-state index contributed by atoms with van der Waals surface area (Å²) in [6.07, 6.45) is 2.68. The molecule has 0 saturated carbocycles. The number of carboxylic acid groups (broad SMARTS) is 1. The first kappa shape index (κ1) is 24.4. The van der Waals surface area contributed by atoms with Gasteiger partial charge in [0.15, 0.2) is 5.71 Å². The molecule has 1 aromatic rings. The molecule has 0 aromatic carbocycles. The van der Waals surface area contributed by atoms with Crippen molar-refractivity contribution in [3.8, 4) is 0 Å². The Hall–Kier alpha value is -3.26. The molecule has 1 saturated heterocycles. The van der Waals surface area contributed by atoms with Crippen LogP contribution in [0.1, 0.15) is 26.5 Å². The van der Waals surface area contributed by atoms with Gasteiger partial charge in [-0.2, -0.15) is 8.75 Å². The number of aromatic nitrogens is 2. The molecule has 176 valence electrons. The first-order chi connectivity index (χ1) is 15.5. The van der Waals surface area contributed by atoms with Gasteiger partial charge in [0.25, 0.3) is 11.8 Å². The van der Waals surface area contributed by atoms with E-state index in [9.17, 15) is 24.3 Å². The molecule has 0 radical (unpaired) electrons. The Morgan fingerprint density at radius 1 is 1.42 bits per heavy atom. The van der Waals surface area contributed by atoms with Crippen LogP contribution in [0, 0.1) is 0 Å². The number of amides is 2. The van der Waals surface area contributed by atoms with Crippen molar-refractivity contribution in [1.29, 1.82) is 0 Å².